The third-order valence-electron chi connectivity index (χ3n) is 3.26. The molecule has 0 aromatic heterocycles. The van der Waals surface area contributed by atoms with Gasteiger partial charge in [0.25, 0.3) is 0 Å². The monoisotopic (exact) mass is 228 g/mol. The summed E-state index contributed by atoms with van der Waals surface area (Å²) in [7, 11) is 0. The van der Waals surface area contributed by atoms with E-state index in [1.807, 2.05) is 25.1 Å². The van der Waals surface area contributed by atoms with Crippen LogP contribution in [0, 0.1) is 24.2 Å². The summed E-state index contributed by atoms with van der Waals surface area (Å²) in [5, 5.41) is 9.12. The Balaban J connectivity index is 2.29. The lowest BCUT2D eigenvalue weighted by Gasteiger charge is -2.32. The fourth-order valence-corrected chi connectivity index (χ4v) is 2.34. The Morgan fingerprint density at radius 1 is 1.53 bits per heavy atom. The molecule has 0 amide bonds. The van der Waals surface area contributed by atoms with Crippen LogP contribution in [0.4, 0.5) is 5.69 Å². The van der Waals surface area contributed by atoms with Crippen molar-refractivity contribution < 1.29 is 4.79 Å². The summed E-state index contributed by atoms with van der Waals surface area (Å²) >= 11 is 0. The minimum absolute atomic E-state index is 0.107. The van der Waals surface area contributed by atoms with Gasteiger partial charge in [-0.25, -0.2) is 0 Å². The molecule has 0 N–H and O–H groups in total. The van der Waals surface area contributed by atoms with Gasteiger partial charge in [-0.1, -0.05) is 6.07 Å². The third-order valence-corrected chi connectivity index (χ3v) is 3.26. The lowest BCUT2D eigenvalue weighted by molar-refractivity contribution is -0.111. The zero-order valence-corrected chi connectivity index (χ0v) is 10.0. The Morgan fingerprint density at radius 2 is 2.35 bits per heavy atom. The van der Waals surface area contributed by atoms with Crippen molar-refractivity contribution in [3.63, 3.8) is 0 Å². The van der Waals surface area contributed by atoms with E-state index in [-0.39, 0.29) is 5.92 Å². The second-order valence-corrected chi connectivity index (χ2v) is 4.62. The summed E-state index contributed by atoms with van der Waals surface area (Å²) in [6.45, 7) is 3.69. The molecule has 17 heavy (non-hydrogen) atoms. The molecule has 1 fully saturated rings. The van der Waals surface area contributed by atoms with Gasteiger partial charge in [-0.15, -0.1) is 0 Å². The second kappa shape index (κ2) is 5.01. The van der Waals surface area contributed by atoms with Gasteiger partial charge in [0.2, 0.25) is 0 Å². The molecule has 1 aliphatic heterocycles. The molecular weight excluding hydrogens is 212 g/mol. The van der Waals surface area contributed by atoms with E-state index in [0.717, 1.165) is 43.5 Å². The Hall–Kier alpha value is -1.82. The van der Waals surface area contributed by atoms with Crippen molar-refractivity contribution in [2.75, 3.05) is 18.0 Å². The van der Waals surface area contributed by atoms with Gasteiger partial charge in [-0.2, -0.15) is 5.26 Å². The van der Waals surface area contributed by atoms with Crippen LogP contribution in [-0.2, 0) is 4.79 Å². The Bertz CT molecular complexity index is 462. The molecule has 2 rings (SSSR count). The molecule has 1 unspecified atom stereocenters. The number of benzene rings is 1. The maximum absolute atomic E-state index is 10.9. The van der Waals surface area contributed by atoms with Crippen molar-refractivity contribution in [1.29, 1.82) is 5.26 Å². The smallest absolute Gasteiger partial charge is 0.124 e. The van der Waals surface area contributed by atoms with Crippen molar-refractivity contribution in [1.82, 2.24) is 0 Å². The molecule has 0 radical (unpaired) electrons. The molecule has 88 valence electrons. The standard InChI is InChI=1S/C14H16N2O/c1-11-4-5-13(8-15)14(7-11)16-6-2-3-12(9-16)10-17/h4-5,7,10,12H,2-3,6,9H2,1H3. The first-order chi connectivity index (χ1) is 8.24. The highest BCUT2D eigenvalue weighted by Crippen LogP contribution is 2.26. The fraction of sp³-hybridized carbons (Fsp3) is 0.429. The number of nitrogens with zero attached hydrogens (tertiary/aromatic N) is 2. The topological polar surface area (TPSA) is 44.1 Å². The maximum Gasteiger partial charge on any atom is 0.124 e. The van der Waals surface area contributed by atoms with Crippen LogP contribution in [0.3, 0.4) is 0 Å². The van der Waals surface area contributed by atoms with Crippen molar-refractivity contribution >= 4 is 12.0 Å². The first-order valence-electron chi connectivity index (χ1n) is 5.95. The number of anilines is 1. The van der Waals surface area contributed by atoms with Crippen molar-refractivity contribution in [3.05, 3.63) is 29.3 Å². The Labute approximate surface area is 102 Å². The average molecular weight is 228 g/mol. The van der Waals surface area contributed by atoms with Crippen LogP contribution in [0.2, 0.25) is 0 Å². The summed E-state index contributed by atoms with van der Waals surface area (Å²) in [6.07, 6.45) is 3.02. The van der Waals surface area contributed by atoms with Crippen molar-refractivity contribution in [2.45, 2.75) is 19.8 Å². The molecule has 1 aromatic carbocycles. The molecule has 1 aromatic rings. The van der Waals surface area contributed by atoms with E-state index in [1.165, 1.54) is 0 Å². The maximum atomic E-state index is 10.9. The number of aryl methyl sites for hydroxylation is 1. The Morgan fingerprint density at radius 3 is 3.06 bits per heavy atom. The van der Waals surface area contributed by atoms with Crippen LogP contribution in [-0.4, -0.2) is 19.4 Å². The molecule has 0 saturated carbocycles. The lowest BCUT2D eigenvalue weighted by Crippen LogP contribution is -2.36. The van der Waals surface area contributed by atoms with Crippen LogP contribution < -0.4 is 4.90 Å². The molecule has 1 aliphatic rings. The number of carbonyl (C=O) groups is 1. The minimum atomic E-state index is 0.107. The largest absolute Gasteiger partial charge is 0.370 e. The van der Waals surface area contributed by atoms with Gasteiger partial charge in [0.05, 0.1) is 11.3 Å². The number of piperidine rings is 1. The van der Waals surface area contributed by atoms with E-state index in [4.69, 9.17) is 5.26 Å². The highest BCUT2D eigenvalue weighted by Gasteiger charge is 2.21. The minimum Gasteiger partial charge on any atom is -0.370 e. The predicted octanol–water partition coefficient (Wildman–Crippen LogP) is 2.28. The first-order valence-corrected chi connectivity index (χ1v) is 5.95. The van der Waals surface area contributed by atoms with Crippen molar-refractivity contribution in [3.8, 4) is 6.07 Å². The fourth-order valence-electron chi connectivity index (χ4n) is 2.34. The van der Waals surface area contributed by atoms with E-state index in [2.05, 4.69) is 11.0 Å². The number of hydrogen-bond acceptors (Lipinski definition) is 3. The van der Waals surface area contributed by atoms with E-state index >= 15 is 0 Å². The summed E-state index contributed by atoms with van der Waals surface area (Å²) in [4.78, 5) is 13.0. The van der Waals surface area contributed by atoms with Gasteiger partial charge in [0, 0.05) is 19.0 Å². The van der Waals surface area contributed by atoms with Gasteiger partial charge in [0.1, 0.15) is 12.4 Å². The number of hydrogen-bond donors (Lipinski definition) is 0. The van der Waals surface area contributed by atoms with Crippen LogP contribution in [0.25, 0.3) is 0 Å². The van der Waals surface area contributed by atoms with E-state index in [9.17, 15) is 4.79 Å². The summed E-state index contributed by atoms with van der Waals surface area (Å²) in [5.74, 6) is 0.107. The predicted molar refractivity (Wildman–Crippen MR) is 66.9 cm³/mol. The van der Waals surface area contributed by atoms with Gasteiger partial charge in [-0.3, -0.25) is 0 Å². The van der Waals surface area contributed by atoms with E-state index < -0.39 is 0 Å². The second-order valence-electron chi connectivity index (χ2n) is 4.62. The molecule has 3 nitrogen and oxygen atoms in total. The van der Waals surface area contributed by atoms with E-state index in [1.54, 1.807) is 0 Å². The number of aldehydes is 1. The molecule has 0 bridgehead atoms. The SMILES string of the molecule is Cc1ccc(C#N)c(N2CCCC(C=O)C2)c1. The zero-order valence-electron chi connectivity index (χ0n) is 10.0. The van der Waals surface area contributed by atoms with Gasteiger partial charge >= 0.3 is 0 Å². The van der Waals surface area contributed by atoms with Gasteiger partial charge in [-0.05, 0) is 37.5 Å². The average Bonchev–Trinajstić information content (AvgIpc) is 2.39. The summed E-state index contributed by atoms with van der Waals surface area (Å²) in [5.41, 5.74) is 2.81. The zero-order chi connectivity index (χ0) is 12.3. The Kier molecular flexibility index (Phi) is 3.43. The van der Waals surface area contributed by atoms with Crippen LogP contribution in [0.1, 0.15) is 24.0 Å². The molecule has 0 aliphatic carbocycles. The quantitative estimate of drug-likeness (QED) is 0.729. The van der Waals surface area contributed by atoms with Gasteiger partial charge < -0.3 is 9.69 Å². The van der Waals surface area contributed by atoms with Crippen LogP contribution in [0.15, 0.2) is 18.2 Å². The van der Waals surface area contributed by atoms with Crippen molar-refractivity contribution in [2.24, 2.45) is 5.92 Å². The lowest BCUT2D eigenvalue weighted by atomic mass is 9.98. The number of carbonyl (C=O) groups excluding carboxylic acids is 1. The summed E-state index contributed by atoms with van der Waals surface area (Å²) < 4.78 is 0. The molecule has 1 atom stereocenters. The number of rotatable bonds is 2. The molecule has 0 spiro atoms. The highest BCUT2D eigenvalue weighted by molar-refractivity contribution is 5.63. The molecular formula is C14H16N2O. The summed E-state index contributed by atoms with van der Waals surface area (Å²) in [6, 6.07) is 8.06. The third kappa shape index (κ3) is 2.47. The molecule has 1 saturated heterocycles. The van der Waals surface area contributed by atoms with Crippen LogP contribution in [0.5, 0.6) is 0 Å². The number of nitriles is 1. The molecule has 3 heteroatoms. The first kappa shape index (κ1) is 11.7. The van der Waals surface area contributed by atoms with E-state index in [0.29, 0.717) is 5.56 Å². The normalized spacial score (nSPS) is 19.8. The highest BCUT2D eigenvalue weighted by atomic mass is 16.1. The van der Waals surface area contributed by atoms with Crippen LogP contribution >= 0.6 is 0 Å². The van der Waals surface area contributed by atoms with Gasteiger partial charge in [0.15, 0.2) is 0 Å². The molecule has 1 heterocycles.